The van der Waals surface area contributed by atoms with Gasteiger partial charge >= 0.3 is 0 Å². The van der Waals surface area contributed by atoms with Crippen molar-refractivity contribution in [3.8, 4) is 11.1 Å². The van der Waals surface area contributed by atoms with Crippen LogP contribution in [0.5, 0.6) is 0 Å². The van der Waals surface area contributed by atoms with Gasteiger partial charge in [-0.2, -0.15) is 0 Å². The summed E-state index contributed by atoms with van der Waals surface area (Å²) in [4.78, 5) is 7.77. The summed E-state index contributed by atoms with van der Waals surface area (Å²) in [5.74, 6) is 0.465. The van der Waals surface area contributed by atoms with Crippen molar-refractivity contribution in [1.29, 1.82) is 0 Å². The number of fused-ring (bicyclic) bond motifs is 1. The molecule has 2 heteroatoms. The second-order valence-electron chi connectivity index (χ2n) is 4.86. The minimum absolute atomic E-state index is 0.465. The number of rotatable bonds is 2. The largest absolute Gasteiger partial charge is 0.358 e. The van der Waals surface area contributed by atoms with E-state index in [0.717, 1.165) is 5.52 Å². The Morgan fingerprint density at radius 3 is 2.56 bits per heavy atom. The van der Waals surface area contributed by atoms with Gasteiger partial charge in [-0.05, 0) is 17.5 Å². The number of nitrogens with one attached hydrogen (secondary N) is 1. The Morgan fingerprint density at radius 1 is 1.06 bits per heavy atom. The number of nitrogens with zero attached hydrogens (tertiary/aromatic N) is 1. The van der Waals surface area contributed by atoms with Crippen LogP contribution in [-0.4, -0.2) is 9.97 Å². The van der Waals surface area contributed by atoms with Crippen LogP contribution in [0.3, 0.4) is 0 Å². The molecule has 1 aromatic carbocycles. The molecule has 2 heterocycles. The van der Waals surface area contributed by atoms with Gasteiger partial charge in [0, 0.05) is 34.6 Å². The van der Waals surface area contributed by atoms with Gasteiger partial charge in [0.15, 0.2) is 0 Å². The van der Waals surface area contributed by atoms with Crippen LogP contribution in [0, 0.1) is 0 Å². The Balaban J connectivity index is 2.35. The summed E-state index contributed by atoms with van der Waals surface area (Å²) in [6.07, 6.45) is 3.78. The lowest BCUT2D eigenvalue weighted by molar-refractivity contribution is 0.839. The smallest absolute Gasteiger partial charge is 0.0493 e. The van der Waals surface area contributed by atoms with Crippen molar-refractivity contribution in [2.24, 2.45) is 0 Å². The van der Waals surface area contributed by atoms with Crippen LogP contribution in [-0.2, 0) is 0 Å². The van der Waals surface area contributed by atoms with Crippen LogP contribution in [0.1, 0.15) is 25.5 Å². The minimum Gasteiger partial charge on any atom is -0.358 e. The van der Waals surface area contributed by atoms with E-state index >= 15 is 0 Å². The number of hydrogen-bond donors (Lipinski definition) is 1. The second kappa shape index (κ2) is 4.30. The molecule has 2 aromatic heterocycles. The van der Waals surface area contributed by atoms with Gasteiger partial charge in [-0.15, -0.1) is 0 Å². The Morgan fingerprint density at radius 2 is 1.83 bits per heavy atom. The summed E-state index contributed by atoms with van der Waals surface area (Å²) < 4.78 is 0. The third kappa shape index (κ3) is 1.70. The standard InChI is InChI=1S/C16H16N2/c1-11(2)16-15(12-6-4-3-5-7-12)13-10-17-9-8-14(13)18-16/h3-11,18H,1-2H3. The number of pyridine rings is 1. The Hall–Kier alpha value is -2.09. The highest BCUT2D eigenvalue weighted by Gasteiger charge is 2.15. The monoisotopic (exact) mass is 236 g/mol. The topological polar surface area (TPSA) is 28.7 Å². The van der Waals surface area contributed by atoms with E-state index in [-0.39, 0.29) is 0 Å². The number of benzene rings is 1. The van der Waals surface area contributed by atoms with Gasteiger partial charge < -0.3 is 4.98 Å². The molecular weight excluding hydrogens is 220 g/mol. The molecule has 0 aliphatic rings. The lowest BCUT2D eigenvalue weighted by Gasteiger charge is -2.07. The first-order valence-electron chi connectivity index (χ1n) is 6.28. The predicted molar refractivity (Wildman–Crippen MR) is 75.6 cm³/mol. The van der Waals surface area contributed by atoms with Gasteiger partial charge in [0.05, 0.1) is 0 Å². The highest BCUT2D eigenvalue weighted by molar-refractivity contribution is 5.97. The van der Waals surface area contributed by atoms with Crippen molar-refractivity contribution in [3.63, 3.8) is 0 Å². The van der Waals surface area contributed by atoms with E-state index in [0.29, 0.717) is 5.92 Å². The van der Waals surface area contributed by atoms with E-state index in [1.807, 2.05) is 24.5 Å². The predicted octanol–water partition coefficient (Wildman–Crippen LogP) is 4.35. The normalized spacial score (nSPS) is 11.3. The summed E-state index contributed by atoms with van der Waals surface area (Å²) >= 11 is 0. The molecule has 0 fully saturated rings. The van der Waals surface area contributed by atoms with Crippen molar-refractivity contribution in [2.75, 3.05) is 0 Å². The molecular formula is C16H16N2. The van der Waals surface area contributed by atoms with Crippen LogP contribution in [0.4, 0.5) is 0 Å². The number of hydrogen-bond acceptors (Lipinski definition) is 1. The van der Waals surface area contributed by atoms with Gasteiger partial charge in [0.1, 0.15) is 0 Å². The molecule has 0 amide bonds. The molecule has 0 spiro atoms. The zero-order valence-corrected chi connectivity index (χ0v) is 10.6. The first-order chi connectivity index (χ1) is 8.77. The van der Waals surface area contributed by atoms with E-state index in [1.165, 1.54) is 22.2 Å². The van der Waals surface area contributed by atoms with Crippen molar-refractivity contribution < 1.29 is 0 Å². The Kier molecular flexibility index (Phi) is 2.63. The molecule has 0 radical (unpaired) electrons. The summed E-state index contributed by atoms with van der Waals surface area (Å²) in [6.45, 7) is 4.43. The third-order valence-corrected chi connectivity index (χ3v) is 3.27. The van der Waals surface area contributed by atoms with Crippen LogP contribution in [0.2, 0.25) is 0 Å². The molecule has 0 bridgehead atoms. The molecule has 0 atom stereocenters. The van der Waals surface area contributed by atoms with E-state index in [1.54, 1.807) is 0 Å². The summed E-state index contributed by atoms with van der Waals surface area (Å²) in [7, 11) is 0. The zero-order chi connectivity index (χ0) is 12.5. The van der Waals surface area contributed by atoms with Crippen molar-refractivity contribution in [1.82, 2.24) is 9.97 Å². The molecule has 0 aliphatic carbocycles. The van der Waals surface area contributed by atoms with Crippen molar-refractivity contribution in [3.05, 3.63) is 54.5 Å². The van der Waals surface area contributed by atoms with E-state index in [9.17, 15) is 0 Å². The zero-order valence-electron chi connectivity index (χ0n) is 10.6. The Labute approximate surface area is 107 Å². The molecule has 3 rings (SSSR count). The molecule has 3 aromatic rings. The van der Waals surface area contributed by atoms with Gasteiger partial charge in [-0.3, -0.25) is 4.98 Å². The lowest BCUT2D eigenvalue weighted by Crippen LogP contribution is -1.90. The second-order valence-corrected chi connectivity index (χ2v) is 4.86. The van der Waals surface area contributed by atoms with Crippen molar-refractivity contribution >= 4 is 10.9 Å². The molecule has 0 aliphatic heterocycles. The highest BCUT2D eigenvalue weighted by atomic mass is 14.7. The first kappa shape index (κ1) is 11.0. The summed E-state index contributed by atoms with van der Waals surface area (Å²) in [6, 6.07) is 12.5. The fourth-order valence-electron chi connectivity index (χ4n) is 2.40. The fraction of sp³-hybridized carbons (Fsp3) is 0.188. The third-order valence-electron chi connectivity index (χ3n) is 3.27. The maximum Gasteiger partial charge on any atom is 0.0493 e. The lowest BCUT2D eigenvalue weighted by atomic mass is 9.98. The van der Waals surface area contributed by atoms with Crippen LogP contribution in [0.25, 0.3) is 22.0 Å². The van der Waals surface area contributed by atoms with Gasteiger partial charge in [0.25, 0.3) is 0 Å². The number of aromatic amines is 1. The molecule has 90 valence electrons. The quantitative estimate of drug-likeness (QED) is 0.704. The van der Waals surface area contributed by atoms with Crippen LogP contribution < -0.4 is 0 Å². The fourth-order valence-corrected chi connectivity index (χ4v) is 2.40. The molecule has 0 unspecified atom stereocenters. The van der Waals surface area contributed by atoms with Crippen molar-refractivity contribution in [2.45, 2.75) is 19.8 Å². The van der Waals surface area contributed by atoms with Gasteiger partial charge in [-0.1, -0.05) is 44.2 Å². The molecule has 1 N–H and O–H groups in total. The van der Waals surface area contributed by atoms with E-state index < -0.39 is 0 Å². The Bertz CT molecular complexity index is 666. The van der Waals surface area contributed by atoms with Gasteiger partial charge in [0.2, 0.25) is 0 Å². The first-order valence-corrected chi connectivity index (χ1v) is 6.28. The number of H-pyrrole nitrogens is 1. The van der Waals surface area contributed by atoms with Crippen LogP contribution in [0.15, 0.2) is 48.8 Å². The van der Waals surface area contributed by atoms with E-state index in [2.05, 4.69) is 48.1 Å². The molecule has 18 heavy (non-hydrogen) atoms. The SMILES string of the molecule is CC(C)c1[nH]c2ccncc2c1-c1ccccc1. The average Bonchev–Trinajstić information content (AvgIpc) is 2.79. The molecule has 0 saturated carbocycles. The highest BCUT2D eigenvalue weighted by Crippen LogP contribution is 2.35. The average molecular weight is 236 g/mol. The summed E-state index contributed by atoms with van der Waals surface area (Å²) in [5.41, 5.74) is 4.98. The molecule has 0 saturated heterocycles. The van der Waals surface area contributed by atoms with E-state index in [4.69, 9.17) is 0 Å². The maximum atomic E-state index is 4.25. The molecule has 2 nitrogen and oxygen atoms in total. The van der Waals surface area contributed by atoms with Crippen LogP contribution >= 0.6 is 0 Å². The maximum absolute atomic E-state index is 4.25. The summed E-state index contributed by atoms with van der Waals surface area (Å²) in [5, 5.41) is 1.20. The minimum atomic E-state index is 0.465. The number of aromatic nitrogens is 2. The van der Waals surface area contributed by atoms with Gasteiger partial charge in [-0.25, -0.2) is 0 Å².